The second-order valence-corrected chi connectivity index (χ2v) is 9.33. The van der Waals surface area contributed by atoms with Gasteiger partial charge in [0.1, 0.15) is 9.84 Å². The van der Waals surface area contributed by atoms with Crippen molar-refractivity contribution in [2.24, 2.45) is 5.92 Å². The fourth-order valence-electron chi connectivity index (χ4n) is 1.15. The molecule has 0 heterocycles. The zero-order valence-electron chi connectivity index (χ0n) is 10.3. The molecule has 0 rings (SSSR count). The summed E-state index contributed by atoms with van der Waals surface area (Å²) in [7, 11) is -6.83. The molecule has 0 aromatic carbocycles. The van der Waals surface area contributed by atoms with Crippen LogP contribution in [-0.4, -0.2) is 46.5 Å². The first-order chi connectivity index (χ1) is 7.52. The smallest absolute Gasteiger partial charge is 0.212 e. The molecule has 0 saturated carbocycles. The van der Waals surface area contributed by atoms with Crippen LogP contribution in [0.15, 0.2) is 0 Å². The van der Waals surface area contributed by atoms with E-state index in [4.69, 9.17) is 11.6 Å². The Bertz CT molecular complexity index is 416. The topological polar surface area (TPSA) is 80.3 Å². The SMILES string of the molecule is CC(C)CC(Cl)CNS(=O)(=O)CCS(C)(=O)=O. The highest BCUT2D eigenvalue weighted by atomic mass is 35.5. The zero-order chi connectivity index (χ0) is 13.7. The molecule has 17 heavy (non-hydrogen) atoms. The van der Waals surface area contributed by atoms with Gasteiger partial charge < -0.3 is 0 Å². The standard InChI is InChI=1S/C9H20ClNO4S2/c1-8(2)6-9(10)7-11-17(14,15)5-4-16(3,12)13/h8-9,11H,4-7H2,1-3H3. The first-order valence-corrected chi connectivity index (χ1v) is 9.46. The van der Waals surface area contributed by atoms with Crippen molar-refractivity contribution in [1.29, 1.82) is 0 Å². The third-order valence-electron chi connectivity index (χ3n) is 1.97. The van der Waals surface area contributed by atoms with Gasteiger partial charge in [0, 0.05) is 18.2 Å². The summed E-state index contributed by atoms with van der Waals surface area (Å²) in [6.07, 6.45) is 1.71. The van der Waals surface area contributed by atoms with Crippen LogP contribution in [0.25, 0.3) is 0 Å². The van der Waals surface area contributed by atoms with E-state index in [0.29, 0.717) is 12.3 Å². The molecule has 0 saturated heterocycles. The van der Waals surface area contributed by atoms with Crippen molar-refractivity contribution in [3.63, 3.8) is 0 Å². The van der Waals surface area contributed by atoms with Gasteiger partial charge in [0.15, 0.2) is 0 Å². The monoisotopic (exact) mass is 305 g/mol. The molecule has 0 fully saturated rings. The summed E-state index contributed by atoms with van der Waals surface area (Å²) in [6.45, 7) is 4.12. The van der Waals surface area contributed by atoms with Crippen LogP contribution in [0.3, 0.4) is 0 Å². The Morgan fingerprint density at radius 2 is 1.65 bits per heavy atom. The van der Waals surface area contributed by atoms with Gasteiger partial charge in [0.05, 0.1) is 11.5 Å². The molecule has 8 heteroatoms. The first-order valence-electron chi connectivity index (χ1n) is 5.31. The van der Waals surface area contributed by atoms with E-state index in [0.717, 1.165) is 6.26 Å². The van der Waals surface area contributed by atoms with Gasteiger partial charge in [0.25, 0.3) is 0 Å². The van der Waals surface area contributed by atoms with E-state index < -0.39 is 25.6 Å². The molecule has 0 spiro atoms. The molecule has 1 unspecified atom stereocenters. The fraction of sp³-hybridized carbons (Fsp3) is 1.00. The Hall–Kier alpha value is 0.150. The highest BCUT2D eigenvalue weighted by molar-refractivity contribution is 7.93. The lowest BCUT2D eigenvalue weighted by molar-refractivity contribution is 0.544. The molecule has 0 aliphatic rings. The second-order valence-electron chi connectivity index (χ2n) is 4.52. The summed E-state index contributed by atoms with van der Waals surface area (Å²) in [5, 5.41) is -0.275. The number of sulfonamides is 1. The molecular weight excluding hydrogens is 286 g/mol. The summed E-state index contributed by atoms with van der Waals surface area (Å²) in [5.74, 6) is -0.408. The summed E-state index contributed by atoms with van der Waals surface area (Å²) >= 11 is 5.93. The lowest BCUT2D eigenvalue weighted by Crippen LogP contribution is -2.34. The Morgan fingerprint density at radius 3 is 2.06 bits per heavy atom. The van der Waals surface area contributed by atoms with Gasteiger partial charge >= 0.3 is 0 Å². The fourth-order valence-corrected chi connectivity index (χ4v) is 4.36. The number of sulfone groups is 1. The lowest BCUT2D eigenvalue weighted by Gasteiger charge is -2.13. The van der Waals surface area contributed by atoms with Crippen LogP contribution in [0.5, 0.6) is 0 Å². The molecule has 0 aromatic rings. The highest BCUT2D eigenvalue weighted by Crippen LogP contribution is 2.09. The van der Waals surface area contributed by atoms with Gasteiger partial charge in [-0.3, -0.25) is 0 Å². The van der Waals surface area contributed by atoms with Gasteiger partial charge in [-0.05, 0) is 12.3 Å². The number of alkyl halides is 1. The molecule has 1 atom stereocenters. The van der Waals surface area contributed by atoms with E-state index in [1.54, 1.807) is 0 Å². The third-order valence-corrected chi connectivity index (χ3v) is 4.86. The molecule has 0 radical (unpaired) electrons. The highest BCUT2D eigenvalue weighted by Gasteiger charge is 2.16. The van der Waals surface area contributed by atoms with Gasteiger partial charge in [0.2, 0.25) is 10.0 Å². The van der Waals surface area contributed by atoms with Crippen molar-refractivity contribution in [3.8, 4) is 0 Å². The molecule has 0 aliphatic carbocycles. The Kier molecular flexibility index (Phi) is 6.98. The van der Waals surface area contributed by atoms with Crippen molar-refractivity contribution in [3.05, 3.63) is 0 Å². The van der Waals surface area contributed by atoms with Gasteiger partial charge in [-0.15, -0.1) is 11.6 Å². The molecule has 0 aliphatic heterocycles. The Balaban J connectivity index is 4.11. The predicted octanol–water partition coefficient (Wildman–Crippen LogP) is 0.604. The summed E-state index contributed by atoms with van der Waals surface area (Å²) in [5.41, 5.74) is 0. The van der Waals surface area contributed by atoms with E-state index in [1.807, 2.05) is 13.8 Å². The minimum absolute atomic E-state index is 0.131. The van der Waals surface area contributed by atoms with Crippen molar-refractivity contribution in [1.82, 2.24) is 4.72 Å². The third kappa shape index (κ3) is 11.0. The van der Waals surface area contributed by atoms with E-state index in [9.17, 15) is 16.8 Å². The van der Waals surface area contributed by atoms with Crippen LogP contribution in [0, 0.1) is 5.92 Å². The van der Waals surface area contributed by atoms with Crippen LogP contribution >= 0.6 is 11.6 Å². The lowest BCUT2D eigenvalue weighted by atomic mass is 10.1. The van der Waals surface area contributed by atoms with Crippen LogP contribution in [0.2, 0.25) is 0 Å². The van der Waals surface area contributed by atoms with Crippen molar-refractivity contribution in [2.45, 2.75) is 25.6 Å². The molecule has 1 N–H and O–H groups in total. The Labute approximate surface area is 109 Å². The van der Waals surface area contributed by atoms with Gasteiger partial charge in [-0.2, -0.15) is 0 Å². The number of nitrogens with one attached hydrogen (secondary N) is 1. The van der Waals surface area contributed by atoms with Crippen molar-refractivity contribution >= 4 is 31.5 Å². The van der Waals surface area contributed by atoms with Gasteiger partial charge in [-0.1, -0.05) is 13.8 Å². The summed E-state index contributed by atoms with van der Waals surface area (Å²) in [4.78, 5) is 0. The molecule has 0 aromatic heterocycles. The van der Waals surface area contributed by atoms with Gasteiger partial charge in [-0.25, -0.2) is 21.6 Å². The minimum Gasteiger partial charge on any atom is -0.229 e. The molecule has 0 bridgehead atoms. The minimum atomic E-state index is -3.56. The van der Waals surface area contributed by atoms with E-state index >= 15 is 0 Å². The number of halogens is 1. The number of hydrogen-bond acceptors (Lipinski definition) is 4. The van der Waals surface area contributed by atoms with Crippen LogP contribution in [0.1, 0.15) is 20.3 Å². The van der Waals surface area contributed by atoms with Crippen LogP contribution in [-0.2, 0) is 19.9 Å². The normalized spacial score (nSPS) is 15.1. The second kappa shape index (κ2) is 6.92. The van der Waals surface area contributed by atoms with E-state index in [2.05, 4.69) is 4.72 Å². The zero-order valence-corrected chi connectivity index (χ0v) is 12.7. The molecule has 5 nitrogen and oxygen atoms in total. The average molecular weight is 306 g/mol. The maximum absolute atomic E-state index is 11.4. The summed E-state index contributed by atoms with van der Waals surface area (Å²) in [6, 6.07) is 0. The van der Waals surface area contributed by atoms with Crippen molar-refractivity contribution < 1.29 is 16.8 Å². The Morgan fingerprint density at radius 1 is 1.12 bits per heavy atom. The average Bonchev–Trinajstić information content (AvgIpc) is 2.10. The number of rotatable bonds is 8. The van der Waals surface area contributed by atoms with E-state index in [-0.39, 0.29) is 17.7 Å². The molecule has 0 amide bonds. The maximum atomic E-state index is 11.4. The van der Waals surface area contributed by atoms with Crippen molar-refractivity contribution in [2.75, 3.05) is 24.3 Å². The maximum Gasteiger partial charge on any atom is 0.212 e. The molecule has 104 valence electrons. The number of hydrogen-bond donors (Lipinski definition) is 1. The predicted molar refractivity (Wildman–Crippen MR) is 70.6 cm³/mol. The van der Waals surface area contributed by atoms with E-state index in [1.165, 1.54) is 0 Å². The first kappa shape index (κ1) is 17.2. The quantitative estimate of drug-likeness (QED) is 0.666. The molecular formula is C9H20ClNO4S2. The van der Waals surface area contributed by atoms with Crippen LogP contribution in [0.4, 0.5) is 0 Å². The largest absolute Gasteiger partial charge is 0.229 e. The summed E-state index contributed by atoms with van der Waals surface area (Å²) < 4.78 is 46.9. The van der Waals surface area contributed by atoms with Crippen LogP contribution < -0.4 is 4.72 Å².